The molecule has 0 saturated carbocycles. The van der Waals surface area contributed by atoms with Gasteiger partial charge in [0.25, 0.3) is 0 Å². The maximum atomic E-state index is 11.6. The summed E-state index contributed by atoms with van der Waals surface area (Å²) in [4.78, 5) is 15.9. The van der Waals surface area contributed by atoms with E-state index in [-0.39, 0.29) is 5.97 Å². The quantitative estimate of drug-likeness (QED) is 0.496. The van der Waals surface area contributed by atoms with Gasteiger partial charge in [0.15, 0.2) is 5.65 Å². The lowest BCUT2D eigenvalue weighted by Gasteiger charge is -2.03. The summed E-state index contributed by atoms with van der Waals surface area (Å²) in [6.45, 7) is 5.71. The molecule has 0 aliphatic rings. The number of hydrogen-bond donors (Lipinski definition) is 0. The van der Waals surface area contributed by atoms with Gasteiger partial charge >= 0.3 is 5.97 Å². The van der Waals surface area contributed by atoms with Crippen LogP contribution in [0.15, 0.2) is 11.6 Å². The van der Waals surface area contributed by atoms with Gasteiger partial charge in [-0.05, 0) is 32.9 Å². The molecule has 0 radical (unpaired) electrons. The van der Waals surface area contributed by atoms with Gasteiger partial charge in [-0.1, -0.05) is 11.6 Å². The van der Waals surface area contributed by atoms with Gasteiger partial charge in [-0.3, -0.25) is 4.68 Å². The highest BCUT2D eigenvalue weighted by Crippen LogP contribution is 2.24. The molecule has 0 aliphatic carbocycles. The normalized spacial score (nSPS) is 11.9. The van der Waals surface area contributed by atoms with Crippen LogP contribution in [-0.2, 0) is 16.6 Å². The van der Waals surface area contributed by atoms with Crippen LogP contribution < -0.4 is 0 Å². The SMILES string of the molecule is CCOC(=O)/C(C)=C/c1cc2c(C)nn(C)c2nc1Cl. The number of aromatic nitrogens is 3. The molecule has 0 amide bonds. The van der Waals surface area contributed by atoms with Crippen LogP contribution in [0.4, 0.5) is 0 Å². The summed E-state index contributed by atoms with van der Waals surface area (Å²) in [5, 5.41) is 5.55. The van der Waals surface area contributed by atoms with Crippen molar-refractivity contribution in [1.29, 1.82) is 0 Å². The van der Waals surface area contributed by atoms with E-state index in [0.717, 1.165) is 16.7 Å². The van der Waals surface area contributed by atoms with Crippen molar-refractivity contribution < 1.29 is 9.53 Å². The molecule has 2 heterocycles. The molecule has 0 saturated heterocycles. The highest BCUT2D eigenvalue weighted by atomic mass is 35.5. The number of rotatable bonds is 3. The number of ether oxygens (including phenoxy) is 1. The highest BCUT2D eigenvalue weighted by Gasteiger charge is 2.12. The Balaban J connectivity index is 2.50. The summed E-state index contributed by atoms with van der Waals surface area (Å²) in [6.07, 6.45) is 1.68. The number of pyridine rings is 1. The van der Waals surface area contributed by atoms with E-state index in [9.17, 15) is 4.79 Å². The smallest absolute Gasteiger partial charge is 0.333 e. The molecule has 20 heavy (non-hydrogen) atoms. The largest absolute Gasteiger partial charge is 0.463 e. The number of halogens is 1. The Morgan fingerprint density at radius 2 is 2.25 bits per heavy atom. The number of esters is 1. The Hall–Kier alpha value is -1.88. The number of fused-ring (bicyclic) bond motifs is 1. The van der Waals surface area contributed by atoms with Crippen molar-refractivity contribution in [1.82, 2.24) is 14.8 Å². The maximum absolute atomic E-state index is 11.6. The van der Waals surface area contributed by atoms with E-state index in [2.05, 4.69) is 10.1 Å². The standard InChI is InChI=1S/C14H16ClN3O2/c1-5-20-14(19)8(2)6-10-7-11-9(3)17-18(4)13(11)16-12(10)15/h6-7H,5H2,1-4H3/b8-6+. The van der Waals surface area contributed by atoms with Gasteiger partial charge in [-0.2, -0.15) is 5.10 Å². The monoisotopic (exact) mass is 293 g/mol. The molecule has 5 nitrogen and oxygen atoms in total. The summed E-state index contributed by atoms with van der Waals surface area (Å²) in [5.74, 6) is -0.355. The molecule has 0 N–H and O–H groups in total. The molecule has 2 rings (SSSR count). The zero-order valence-corrected chi connectivity index (χ0v) is 12.7. The van der Waals surface area contributed by atoms with Crippen LogP contribution in [0.25, 0.3) is 17.1 Å². The van der Waals surface area contributed by atoms with Crippen LogP contribution in [0.1, 0.15) is 25.1 Å². The minimum Gasteiger partial charge on any atom is -0.463 e. The van der Waals surface area contributed by atoms with Crippen LogP contribution in [-0.4, -0.2) is 27.3 Å². The third-order valence-electron chi connectivity index (χ3n) is 2.95. The third-order valence-corrected chi connectivity index (χ3v) is 3.25. The molecule has 0 atom stereocenters. The molecule has 6 heteroatoms. The van der Waals surface area contributed by atoms with Gasteiger partial charge in [0, 0.05) is 23.6 Å². The first kappa shape index (κ1) is 14.5. The first-order chi connectivity index (χ1) is 9.43. The van der Waals surface area contributed by atoms with E-state index in [1.54, 1.807) is 24.6 Å². The lowest BCUT2D eigenvalue weighted by Crippen LogP contribution is -2.05. The molecule has 2 aromatic rings. The topological polar surface area (TPSA) is 57.0 Å². The van der Waals surface area contributed by atoms with Crippen molar-refractivity contribution >= 4 is 34.7 Å². The number of hydrogen-bond acceptors (Lipinski definition) is 4. The second-order valence-corrected chi connectivity index (χ2v) is 4.85. The summed E-state index contributed by atoms with van der Waals surface area (Å²) in [5.41, 5.74) is 2.76. The Bertz CT molecular complexity index is 704. The van der Waals surface area contributed by atoms with E-state index in [0.29, 0.717) is 22.9 Å². The zero-order chi connectivity index (χ0) is 14.9. The van der Waals surface area contributed by atoms with Crippen LogP contribution in [0.2, 0.25) is 5.15 Å². The maximum Gasteiger partial charge on any atom is 0.333 e. The summed E-state index contributed by atoms with van der Waals surface area (Å²) < 4.78 is 6.63. The highest BCUT2D eigenvalue weighted by molar-refractivity contribution is 6.31. The fourth-order valence-electron chi connectivity index (χ4n) is 1.97. The molecule has 2 aromatic heterocycles. The first-order valence-corrected chi connectivity index (χ1v) is 6.67. The lowest BCUT2D eigenvalue weighted by molar-refractivity contribution is -0.138. The predicted molar refractivity (Wildman–Crippen MR) is 78.5 cm³/mol. The van der Waals surface area contributed by atoms with Gasteiger partial charge in [0.05, 0.1) is 12.3 Å². The average Bonchev–Trinajstić information content (AvgIpc) is 2.65. The Morgan fingerprint density at radius 3 is 2.90 bits per heavy atom. The average molecular weight is 294 g/mol. The number of carbonyl (C=O) groups excluding carboxylic acids is 1. The molecule has 0 aliphatic heterocycles. The predicted octanol–water partition coefficient (Wildman–Crippen LogP) is 2.90. The Kier molecular flexibility index (Phi) is 4.09. The van der Waals surface area contributed by atoms with Crippen molar-refractivity contribution in [3.63, 3.8) is 0 Å². The molecule has 0 unspecified atom stereocenters. The van der Waals surface area contributed by atoms with Gasteiger partial charge in [0.1, 0.15) is 5.15 Å². The molecule has 0 aromatic carbocycles. The molecule has 0 bridgehead atoms. The van der Waals surface area contributed by atoms with Crippen molar-refractivity contribution in [2.75, 3.05) is 6.61 Å². The van der Waals surface area contributed by atoms with Crippen LogP contribution in [0.3, 0.4) is 0 Å². The van der Waals surface area contributed by atoms with E-state index in [1.807, 2.05) is 20.0 Å². The second-order valence-electron chi connectivity index (χ2n) is 4.50. The Labute approximate surface area is 122 Å². The van der Waals surface area contributed by atoms with Crippen LogP contribution in [0.5, 0.6) is 0 Å². The van der Waals surface area contributed by atoms with E-state index in [1.165, 1.54) is 0 Å². The van der Waals surface area contributed by atoms with Gasteiger partial charge in [-0.25, -0.2) is 9.78 Å². The fourth-order valence-corrected chi connectivity index (χ4v) is 2.16. The van der Waals surface area contributed by atoms with Crippen molar-refractivity contribution in [2.24, 2.45) is 7.05 Å². The summed E-state index contributed by atoms with van der Waals surface area (Å²) in [7, 11) is 1.82. The van der Waals surface area contributed by atoms with Crippen molar-refractivity contribution in [3.8, 4) is 0 Å². The van der Waals surface area contributed by atoms with E-state index in [4.69, 9.17) is 16.3 Å². The second kappa shape index (κ2) is 5.63. The van der Waals surface area contributed by atoms with Crippen molar-refractivity contribution in [2.45, 2.75) is 20.8 Å². The molecule has 0 spiro atoms. The number of carbonyl (C=O) groups is 1. The van der Waals surface area contributed by atoms with E-state index >= 15 is 0 Å². The number of nitrogens with zero attached hydrogens (tertiary/aromatic N) is 3. The van der Waals surface area contributed by atoms with E-state index < -0.39 is 0 Å². The van der Waals surface area contributed by atoms with Gasteiger partial charge < -0.3 is 4.74 Å². The third kappa shape index (κ3) is 2.67. The van der Waals surface area contributed by atoms with Crippen molar-refractivity contribution in [3.05, 3.63) is 28.0 Å². The molecular formula is C14H16ClN3O2. The minimum atomic E-state index is -0.355. The van der Waals surface area contributed by atoms with Crippen LogP contribution >= 0.6 is 11.6 Å². The fraction of sp³-hybridized carbons (Fsp3) is 0.357. The zero-order valence-electron chi connectivity index (χ0n) is 11.9. The lowest BCUT2D eigenvalue weighted by atomic mass is 10.1. The first-order valence-electron chi connectivity index (χ1n) is 6.29. The van der Waals surface area contributed by atoms with Gasteiger partial charge in [-0.15, -0.1) is 0 Å². The number of aryl methyl sites for hydroxylation is 2. The molecule has 106 valence electrons. The molecule has 0 fully saturated rings. The molecular weight excluding hydrogens is 278 g/mol. The van der Waals surface area contributed by atoms with Crippen LogP contribution in [0, 0.1) is 6.92 Å². The Morgan fingerprint density at radius 1 is 1.55 bits per heavy atom. The summed E-state index contributed by atoms with van der Waals surface area (Å²) >= 11 is 6.16. The summed E-state index contributed by atoms with van der Waals surface area (Å²) in [6, 6.07) is 1.88. The van der Waals surface area contributed by atoms with Gasteiger partial charge in [0.2, 0.25) is 0 Å². The minimum absolute atomic E-state index is 0.337.